The molecule has 0 fully saturated rings. The lowest BCUT2D eigenvalue weighted by Crippen LogP contribution is -2.47. The van der Waals surface area contributed by atoms with Crippen LogP contribution in [0.15, 0.2) is 34.4 Å². The fraction of sp³-hybridized carbons (Fsp3) is 0.214. The van der Waals surface area contributed by atoms with E-state index < -0.39 is 11.8 Å². The number of hydrazone groups is 1. The number of Topliss-reactive ketones (excluding diaryl/α,β-unsaturated/α-hetero) is 1. The highest BCUT2D eigenvalue weighted by molar-refractivity contribution is 6.48. The lowest BCUT2D eigenvalue weighted by molar-refractivity contribution is -0.131. The van der Waals surface area contributed by atoms with E-state index in [2.05, 4.69) is 10.1 Å². The molecule has 2 heterocycles. The summed E-state index contributed by atoms with van der Waals surface area (Å²) in [5, 5.41) is 5.42. The number of amides is 2. The first-order valence-corrected chi connectivity index (χ1v) is 6.49. The van der Waals surface area contributed by atoms with Gasteiger partial charge >= 0.3 is 0 Å². The molecule has 2 aliphatic rings. The summed E-state index contributed by atoms with van der Waals surface area (Å²) in [6.07, 6.45) is -0.369. The van der Waals surface area contributed by atoms with E-state index in [0.717, 1.165) is 4.90 Å². The summed E-state index contributed by atoms with van der Waals surface area (Å²) in [6, 6.07) is 6.79. The first-order valence-electron chi connectivity index (χ1n) is 6.49. The fourth-order valence-corrected chi connectivity index (χ4v) is 2.18. The number of hydrogen-bond donors (Lipinski definition) is 0. The van der Waals surface area contributed by atoms with E-state index in [1.165, 1.54) is 11.9 Å². The quantitative estimate of drug-likeness (QED) is 0.759. The van der Waals surface area contributed by atoms with Gasteiger partial charge in [0.1, 0.15) is 12.2 Å². The van der Waals surface area contributed by atoms with Gasteiger partial charge < -0.3 is 4.74 Å². The first-order chi connectivity index (χ1) is 10.5. The van der Waals surface area contributed by atoms with Crippen LogP contribution in [0.1, 0.15) is 13.3 Å². The highest BCUT2D eigenvalue weighted by Gasteiger charge is 2.42. The third-order valence-corrected chi connectivity index (χ3v) is 3.20. The van der Waals surface area contributed by atoms with Crippen LogP contribution in [-0.2, 0) is 14.4 Å². The Balaban J connectivity index is 2.07. The van der Waals surface area contributed by atoms with Gasteiger partial charge in [-0.05, 0) is 24.3 Å². The molecule has 0 saturated heterocycles. The van der Waals surface area contributed by atoms with Gasteiger partial charge in [-0.25, -0.2) is 4.90 Å². The zero-order chi connectivity index (χ0) is 15.9. The molecule has 0 unspecified atom stereocenters. The first kappa shape index (κ1) is 13.9. The van der Waals surface area contributed by atoms with Crippen molar-refractivity contribution in [2.45, 2.75) is 13.3 Å². The van der Waals surface area contributed by atoms with Gasteiger partial charge in [0, 0.05) is 6.92 Å². The Morgan fingerprint density at radius 1 is 1.23 bits per heavy atom. The minimum atomic E-state index is -0.560. The molecule has 1 aromatic rings. The van der Waals surface area contributed by atoms with E-state index >= 15 is 0 Å². The van der Waals surface area contributed by atoms with E-state index in [1.54, 1.807) is 31.4 Å². The molecule has 2 amide bonds. The van der Waals surface area contributed by atoms with Crippen LogP contribution in [0.3, 0.4) is 0 Å². The molecule has 0 radical (unpaired) electrons. The van der Waals surface area contributed by atoms with Crippen LogP contribution in [0.5, 0.6) is 5.75 Å². The van der Waals surface area contributed by atoms with Crippen molar-refractivity contribution in [3.8, 4) is 5.75 Å². The summed E-state index contributed by atoms with van der Waals surface area (Å²) >= 11 is 0. The van der Waals surface area contributed by atoms with Crippen molar-refractivity contribution in [2.75, 3.05) is 12.1 Å². The number of anilines is 1. The Morgan fingerprint density at radius 2 is 1.91 bits per heavy atom. The standard InChI is InChI=1S/C14H12N4O4/c1-8(19)13-16-18(9-3-5-10(22-2)6-4-9)14-15-11(20)7-12(21)17(13)14/h3-6H,7H2,1-2H3. The Morgan fingerprint density at radius 3 is 2.50 bits per heavy atom. The summed E-state index contributed by atoms with van der Waals surface area (Å²) in [5.74, 6) is -0.835. The lowest BCUT2D eigenvalue weighted by Gasteiger charge is -2.23. The summed E-state index contributed by atoms with van der Waals surface area (Å²) in [4.78, 5) is 40.2. The molecular weight excluding hydrogens is 288 g/mol. The molecule has 0 aliphatic carbocycles. The molecular formula is C14H12N4O4. The number of ketones is 1. The van der Waals surface area contributed by atoms with Crippen LogP contribution < -0.4 is 9.75 Å². The minimum Gasteiger partial charge on any atom is -0.497 e. The highest BCUT2D eigenvalue weighted by atomic mass is 16.5. The fourth-order valence-electron chi connectivity index (χ4n) is 2.18. The Bertz CT molecular complexity index is 736. The second kappa shape index (κ2) is 5.06. The smallest absolute Gasteiger partial charge is 0.258 e. The van der Waals surface area contributed by atoms with Gasteiger partial charge in [0.2, 0.25) is 17.7 Å². The number of methoxy groups -OCH3 is 1. The number of aliphatic imine (C=N–C) groups is 1. The van der Waals surface area contributed by atoms with Crippen LogP contribution in [0, 0.1) is 0 Å². The summed E-state index contributed by atoms with van der Waals surface area (Å²) < 4.78 is 5.07. The number of carbonyl (C=O) groups is 3. The molecule has 1 aromatic carbocycles. The second-order valence-corrected chi connectivity index (χ2v) is 4.70. The van der Waals surface area contributed by atoms with Crippen molar-refractivity contribution in [1.29, 1.82) is 0 Å². The number of amidine groups is 1. The number of benzene rings is 1. The predicted octanol–water partition coefficient (Wildman–Crippen LogP) is 0.533. The van der Waals surface area contributed by atoms with E-state index in [1.807, 2.05) is 0 Å². The molecule has 8 nitrogen and oxygen atoms in total. The van der Waals surface area contributed by atoms with Gasteiger partial charge in [-0.15, -0.1) is 5.10 Å². The molecule has 8 heteroatoms. The number of guanidine groups is 1. The Hall–Kier alpha value is -3.03. The zero-order valence-corrected chi connectivity index (χ0v) is 11.9. The largest absolute Gasteiger partial charge is 0.497 e. The molecule has 0 N–H and O–H groups in total. The van der Waals surface area contributed by atoms with Crippen LogP contribution in [0.25, 0.3) is 0 Å². The van der Waals surface area contributed by atoms with Crippen molar-refractivity contribution >= 4 is 35.1 Å². The molecule has 3 rings (SSSR count). The van der Waals surface area contributed by atoms with Gasteiger partial charge in [0.15, 0.2) is 5.78 Å². The average Bonchev–Trinajstić information content (AvgIpc) is 2.87. The maximum atomic E-state index is 12.0. The number of ether oxygens (including phenoxy) is 1. The lowest BCUT2D eigenvalue weighted by atomic mass is 10.2. The van der Waals surface area contributed by atoms with Gasteiger partial charge in [0.25, 0.3) is 5.91 Å². The van der Waals surface area contributed by atoms with Crippen molar-refractivity contribution in [3.05, 3.63) is 24.3 Å². The van der Waals surface area contributed by atoms with Crippen LogP contribution in [0.4, 0.5) is 5.69 Å². The van der Waals surface area contributed by atoms with Gasteiger partial charge in [-0.3, -0.25) is 14.4 Å². The zero-order valence-electron chi connectivity index (χ0n) is 11.9. The predicted molar refractivity (Wildman–Crippen MR) is 77.5 cm³/mol. The number of nitrogens with zero attached hydrogens (tertiary/aromatic N) is 4. The van der Waals surface area contributed by atoms with Crippen molar-refractivity contribution in [3.63, 3.8) is 0 Å². The second-order valence-electron chi connectivity index (χ2n) is 4.70. The third-order valence-electron chi connectivity index (χ3n) is 3.20. The highest BCUT2D eigenvalue weighted by Crippen LogP contribution is 2.26. The van der Waals surface area contributed by atoms with Crippen molar-refractivity contribution in [1.82, 2.24) is 4.90 Å². The molecule has 112 valence electrons. The van der Waals surface area contributed by atoms with Crippen molar-refractivity contribution in [2.24, 2.45) is 10.1 Å². The Labute approximate surface area is 125 Å². The molecule has 0 aromatic heterocycles. The number of rotatable bonds is 3. The maximum Gasteiger partial charge on any atom is 0.258 e. The molecule has 0 saturated carbocycles. The van der Waals surface area contributed by atoms with Crippen LogP contribution >= 0.6 is 0 Å². The molecule has 22 heavy (non-hydrogen) atoms. The number of fused-ring (bicyclic) bond motifs is 1. The average molecular weight is 300 g/mol. The van der Waals surface area contributed by atoms with E-state index in [0.29, 0.717) is 11.4 Å². The summed E-state index contributed by atoms with van der Waals surface area (Å²) in [6.45, 7) is 1.30. The molecule has 0 spiro atoms. The molecule has 0 bridgehead atoms. The van der Waals surface area contributed by atoms with E-state index in [4.69, 9.17) is 4.74 Å². The number of carbonyl (C=O) groups excluding carboxylic acids is 3. The minimum absolute atomic E-state index is 0.0246. The maximum absolute atomic E-state index is 12.0. The van der Waals surface area contributed by atoms with Crippen molar-refractivity contribution < 1.29 is 19.1 Å². The molecule has 2 aliphatic heterocycles. The molecule has 0 atom stereocenters. The number of hydrogen-bond acceptors (Lipinski definition) is 6. The van der Waals surface area contributed by atoms with Gasteiger partial charge in [-0.2, -0.15) is 10.0 Å². The Kier molecular flexibility index (Phi) is 3.21. The van der Waals surface area contributed by atoms with Crippen LogP contribution in [0.2, 0.25) is 0 Å². The summed E-state index contributed by atoms with van der Waals surface area (Å²) in [5.41, 5.74) is 0.559. The monoisotopic (exact) mass is 300 g/mol. The normalized spacial score (nSPS) is 17.2. The third kappa shape index (κ3) is 2.14. The van der Waals surface area contributed by atoms with E-state index in [9.17, 15) is 14.4 Å². The topological polar surface area (TPSA) is 91.6 Å². The van der Waals surface area contributed by atoms with Crippen LogP contribution in [-0.4, -0.2) is 41.4 Å². The van der Waals surface area contributed by atoms with Gasteiger partial charge in [-0.1, -0.05) is 0 Å². The summed E-state index contributed by atoms with van der Waals surface area (Å²) in [7, 11) is 1.54. The SMILES string of the molecule is COc1ccc(N2N=C(C(C)=O)N3C(=O)CC(=O)N=C32)cc1. The van der Waals surface area contributed by atoms with E-state index in [-0.39, 0.29) is 24.0 Å². The van der Waals surface area contributed by atoms with Gasteiger partial charge in [0.05, 0.1) is 12.8 Å².